The molecular weight excluding hydrogens is 372 g/mol. The second-order valence-corrected chi connectivity index (χ2v) is 8.26. The summed E-state index contributed by atoms with van der Waals surface area (Å²) in [6.07, 6.45) is 0. The molecule has 0 radical (unpaired) electrons. The summed E-state index contributed by atoms with van der Waals surface area (Å²) < 4.78 is 30.3. The lowest BCUT2D eigenvalue weighted by atomic mass is 10.3. The monoisotopic (exact) mass is 384 g/mol. The van der Waals surface area contributed by atoms with Crippen LogP contribution in [-0.4, -0.2) is 13.4 Å². The molecule has 2 aromatic carbocycles. The fourth-order valence-electron chi connectivity index (χ4n) is 2.43. The molecule has 1 N–H and O–H groups in total. The molecule has 2 aromatic heterocycles. The van der Waals surface area contributed by atoms with E-state index in [1.807, 2.05) is 0 Å². The summed E-state index contributed by atoms with van der Waals surface area (Å²) in [5.41, 5.74) is 0.0885. The summed E-state index contributed by atoms with van der Waals surface area (Å²) in [6, 6.07) is 16.1. The second-order valence-electron chi connectivity index (χ2n) is 5.41. The van der Waals surface area contributed by atoms with Crippen LogP contribution in [-0.2, 0) is 9.84 Å². The largest absolute Gasteiger partial charge is 0.388 e. The molecule has 8 heteroatoms. The molecule has 0 saturated carbocycles. The van der Waals surface area contributed by atoms with Crippen LogP contribution in [0.5, 0.6) is 0 Å². The molecule has 0 aliphatic heterocycles. The van der Waals surface area contributed by atoms with Gasteiger partial charge in [0.1, 0.15) is 4.83 Å². The average Bonchev–Trinajstić information content (AvgIpc) is 3.12. The molecule has 2 heterocycles. The number of hydrogen-bond acceptors (Lipinski definition) is 7. The third kappa shape index (κ3) is 3.00. The van der Waals surface area contributed by atoms with Gasteiger partial charge in [-0.15, -0.1) is 11.3 Å². The highest BCUT2D eigenvalue weighted by Gasteiger charge is 2.17. The summed E-state index contributed by atoms with van der Waals surface area (Å²) in [7, 11) is -3.57. The number of thiophene rings is 1. The van der Waals surface area contributed by atoms with Gasteiger partial charge in [0.2, 0.25) is 9.84 Å². The Kier molecular flexibility index (Phi) is 4.06. The number of nitrogens with one attached hydrogen (secondary N) is 1. The summed E-state index contributed by atoms with van der Waals surface area (Å²) >= 11 is 1.34. The van der Waals surface area contributed by atoms with E-state index in [1.165, 1.54) is 23.5 Å². The van der Waals surface area contributed by atoms with E-state index < -0.39 is 15.5 Å². The van der Waals surface area contributed by atoms with Crippen molar-refractivity contribution in [3.05, 3.63) is 76.5 Å². The highest BCUT2D eigenvalue weighted by Crippen LogP contribution is 2.24. The van der Waals surface area contributed by atoms with E-state index in [4.69, 9.17) is 4.42 Å². The zero-order valence-electron chi connectivity index (χ0n) is 13.2. The first-order valence-electron chi connectivity index (χ1n) is 7.60. The lowest BCUT2D eigenvalue weighted by Crippen LogP contribution is -2.04. The summed E-state index contributed by atoms with van der Waals surface area (Å²) in [5, 5.41) is 5.08. The summed E-state index contributed by atoms with van der Waals surface area (Å²) in [4.78, 5) is 17.1. The molecule has 0 saturated heterocycles. The van der Waals surface area contributed by atoms with E-state index in [9.17, 15) is 13.2 Å². The van der Waals surface area contributed by atoms with Crippen LogP contribution >= 0.6 is 11.3 Å². The number of nitrogens with zero attached hydrogens (tertiary/aromatic N) is 1. The van der Waals surface area contributed by atoms with Crippen molar-refractivity contribution in [1.82, 2.24) is 4.98 Å². The van der Waals surface area contributed by atoms with Crippen LogP contribution in [0, 0.1) is 0 Å². The van der Waals surface area contributed by atoms with Crippen molar-refractivity contribution in [2.75, 3.05) is 5.32 Å². The van der Waals surface area contributed by atoms with Crippen LogP contribution in [0.15, 0.2) is 85.0 Å². The van der Waals surface area contributed by atoms with Gasteiger partial charge in [-0.3, -0.25) is 0 Å². The smallest absolute Gasteiger partial charge is 0.349 e. The van der Waals surface area contributed by atoms with Crippen LogP contribution in [0.3, 0.4) is 0 Å². The van der Waals surface area contributed by atoms with E-state index in [2.05, 4.69) is 10.3 Å². The van der Waals surface area contributed by atoms with Crippen LogP contribution < -0.4 is 10.9 Å². The Morgan fingerprint density at radius 3 is 2.35 bits per heavy atom. The Labute approximate surface area is 152 Å². The fraction of sp³-hybridized carbons (Fsp3) is 0. The second kappa shape index (κ2) is 6.40. The summed E-state index contributed by atoms with van der Waals surface area (Å²) in [5.74, 6) is 0. The van der Waals surface area contributed by atoms with Gasteiger partial charge in [-0.2, -0.15) is 4.98 Å². The van der Waals surface area contributed by atoms with E-state index in [0.717, 1.165) is 0 Å². The highest BCUT2D eigenvalue weighted by atomic mass is 32.2. The average molecular weight is 384 g/mol. The standard InChI is InChI=1S/C18H12N2O4S2/c21-17-15-10-11-25-16(15)20-18(24-17)19-12-6-8-14(9-7-12)26(22,23)13-4-2-1-3-5-13/h1-11H,(H,19,20). The van der Waals surface area contributed by atoms with E-state index >= 15 is 0 Å². The van der Waals surface area contributed by atoms with Gasteiger partial charge in [-0.1, -0.05) is 18.2 Å². The molecule has 0 fully saturated rings. The number of hydrogen-bond donors (Lipinski definition) is 1. The number of fused-ring (bicyclic) bond motifs is 1. The van der Waals surface area contributed by atoms with Crippen LogP contribution in [0.4, 0.5) is 11.7 Å². The molecule has 0 bridgehead atoms. The molecule has 4 aromatic rings. The zero-order valence-corrected chi connectivity index (χ0v) is 14.9. The van der Waals surface area contributed by atoms with Crippen molar-refractivity contribution >= 4 is 43.1 Å². The number of benzene rings is 2. The minimum atomic E-state index is -3.57. The van der Waals surface area contributed by atoms with Crippen LogP contribution in [0.2, 0.25) is 0 Å². The Balaban J connectivity index is 1.62. The fourth-order valence-corrected chi connectivity index (χ4v) is 4.46. The highest BCUT2D eigenvalue weighted by molar-refractivity contribution is 7.91. The van der Waals surface area contributed by atoms with Crippen molar-refractivity contribution in [1.29, 1.82) is 0 Å². The minimum Gasteiger partial charge on any atom is -0.388 e. The van der Waals surface area contributed by atoms with Crippen LogP contribution in [0.25, 0.3) is 10.2 Å². The Morgan fingerprint density at radius 2 is 1.62 bits per heavy atom. The maximum Gasteiger partial charge on any atom is 0.349 e. The van der Waals surface area contributed by atoms with E-state index in [-0.39, 0.29) is 15.8 Å². The zero-order chi connectivity index (χ0) is 18.1. The summed E-state index contributed by atoms with van der Waals surface area (Å²) in [6.45, 7) is 0. The molecule has 6 nitrogen and oxygen atoms in total. The van der Waals surface area contributed by atoms with Crippen molar-refractivity contribution in [3.8, 4) is 0 Å². The van der Waals surface area contributed by atoms with Gasteiger partial charge in [-0.05, 0) is 47.8 Å². The van der Waals surface area contributed by atoms with Gasteiger partial charge in [0, 0.05) is 5.69 Å². The van der Waals surface area contributed by atoms with Gasteiger partial charge in [0.15, 0.2) is 0 Å². The molecule has 0 spiro atoms. The normalized spacial score (nSPS) is 11.5. The molecule has 130 valence electrons. The minimum absolute atomic E-state index is 0.0589. The number of aromatic nitrogens is 1. The maximum atomic E-state index is 12.6. The third-order valence-electron chi connectivity index (χ3n) is 3.73. The Morgan fingerprint density at radius 1 is 0.923 bits per heavy atom. The lowest BCUT2D eigenvalue weighted by molar-refractivity contribution is 0.522. The molecule has 0 amide bonds. The van der Waals surface area contributed by atoms with Crippen LogP contribution in [0.1, 0.15) is 0 Å². The van der Waals surface area contributed by atoms with E-state index in [0.29, 0.717) is 15.9 Å². The molecule has 26 heavy (non-hydrogen) atoms. The predicted molar refractivity (Wildman–Crippen MR) is 99.8 cm³/mol. The molecule has 0 unspecified atom stereocenters. The first kappa shape index (κ1) is 16.5. The van der Waals surface area contributed by atoms with Crippen molar-refractivity contribution in [2.45, 2.75) is 9.79 Å². The van der Waals surface area contributed by atoms with Gasteiger partial charge in [0.05, 0.1) is 15.2 Å². The molecule has 0 atom stereocenters. The first-order valence-corrected chi connectivity index (χ1v) is 9.96. The van der Waals surface area contributed by atoms with Crippen molar-refractivity contribution in [2.24, 2.45) is 0 Å². The van der Waals surface area contributed by atoms with Crippen molar-refractivity contribution < 1.29 is 12.8 Å². The molecule has 0 aliphatic rings. The first-order chi connectivity index (χ1) is 12.5. The van der Waals surface area contributed by atoms with Gasteiger partial charge in [0.25, 0.3) is 0 Å². The van der Waals surface area contributed by atoms with E-state index in [1.54, 1.807) is 53.9 Å². The molecular formula is C18H12N2O4S2. The number of anilines is 2. The van der Waals surface area contributed by atoms with Gasteiger partial charge >= 0.3 is 11.6 Å². The topological polar surface area (TPSA) is 89.3 Å². The quantitative estimate of drug-likeness (QED) is 0.575. The number of sulfone groups is 1. The Hall–Kier alpha value is -2.97. The molecule has 4 rings (SSSR count). The van der Waals surface area contributed by atoms with Gasteiger partial charge in [-0.25, -0.2) is 13.2 Å². The van der Waals surface area contributed by atoms with Crippen molar-refractivity contribution in [3.63, 3.8) is 0 Å². The van der Waals surface area contributed by atoms with Gasteiger partial charge < -0.3 is 9.73 Å². The number of rotatable bonds is 4. The SMILES string of the molecule is O=c1oc(Nc2ccc(S(=O)(=O)c3ccccc3)cc2)nc2sccc12. The Bertz CT molecular complexity index is 1230. The molecule has 0 aliphatic carbocycles. The lowest BCUT2D eigenvalue weighted by Gasteiger charge is -2.07. The maximum absolute atomic E-state index is 12.6. The predicted octanol–water partition coefficient (Wildman–Crippen LogP) is 3.83. The third-order valence-corrected chi connectivity index (χ3v) is 6.32.